The highest BCUT2D eigenvalue weighted by Crippen LogP contribution is 2.39. The van der Waals surface area contributed by atoms with E-state index in [9.17, 15) is 9.59 Å². The summed E-state index contributed by atoms with van der Waals surface area (Å²) in [5, 5.41) is 10.9. The molecule has 0 saturated carbocycles. The van der Waals surface area contributed by atoms with Crippen molar-refractivity contribution in [2.75, 3.05) is 26.2 Å². The molecule has 0 aliphatic carbocycles. The van der Waals surface area contributed by atoms with Crippen LogP contribution in [0.25, 0.3) is 0 Å². The first-order valence-corrected chi connectivity index (χ1v) is 9.80. The second-order valence-corrected chi connectivity index (χ2v) is 7.81. The molecule has 148 valence electrons. The Kier molecular flexibility index (Phi) is 5.31. The van der Waals surface area contributed by atoms with Crippen LogP contribution in [0.4, 0.5) is 0 Å². The van der Waals surface area contributed by atoms with E-state index in [4.69, 9.17) is 0 Å². The van der Waals surface area contributed by atoms with Gasteiger partial charge in [-0.05, 0) is 41.8 Å². The van der Waals surface area contributed by atoms with Gasteiger partial charge >= 0.3 is 0 Å². The summed E-state index contributed by atoms with van der Waals surface area (Å²) >= 11 is 0. The SMILES string of the molecule is O=C1CCC2(CCCN(C(=O)Cn3cnnn3)C2)CN1CCc1ccccn1. The zero-order chi connectivity index (χ0) is 19.4. The largest absolute Gasteiger partial charge is 0.342 e. The number of rotatable bonds is 5. The number of nitrogens with zero attached hydrogens (tertiary/aromatic N) is 7. The highest BCUT2D eigenvalue weighted by molar-refractivity contribution is 5.78. The summed E-state index contributed by atoms with van der Waals surface area (Å²) in [4.78, 5) is 33.4. The fraction of sp³-hybridized carbons (Fsp3) is 0.579. The van der Waals surface area contributed by atoms with Crippen LogP contribution in [0.3, 0.4) is 0 Å². The van der Waals surface area contributed by atoms with Crippen LogP contribution in [0, 0.1) is 5.41 Å². The van der Waals surface area contributed by atoms with Gasteiger partial charge in [0, 0.05) is 56.3 Å². The Bertz CT molecular complexity index is 811. The third-order valence-corrected chi connectivity index (χ3v) is 5.82. The molecule has 2 aliphatic rings. The van der Waals surface area contributed by atoms with Gasteiger partial charge in [-0.25, -0.2) is 4.68 Å². The second kappa shape index (κ2) is 8.04. The molecule has 28 heavy (non-hydrogen) atoms. The summed E-state index contributed by atoms with van der Waals surface area (Å²) in [6.07, 6.45) is 7.40. The van der Waals surface area contributed by atoms with Crippen molar-refractivity contribution < 1.29 is 9.59 Å². The van der Waals surface area contributed by atoms with E-state index in [0.29, 0.717) is 26.1 Å². The predicted molar refractivity (Wildman–Crippen MR) is 99.8 cm³/mol. The van der Waals surface area contributed by atoms with Crippen LogP contribution in [0.5, 0.6) is 0 Å². The van der Waals surface area contributed by atoms with Crippen LogP contribution in [0.2, 0.25) is 0 Å². The summed E-state index contributed by atoms with van der Waals surface area (Å²) < 4.78 is 1.45. The summed E-state index contributed by atoms with van der Waals surface area (Å²) in [5.74, 6) is 0.238. The molecular weight excluding hydrogens is 358 g/mol. The van der Waals surface area contributed by atoms with Gasteiger partial charge in [-0.15, -0.1) is 5.10 Å². The van der Waals surface area contributed by atoms with E-state index < -0.39 is 0 Å². The maximum Gasteiger partial charge on any atom is 0.244 e. The Morgan fingerprint density at radius 1 is 1.21 bits per heavy atom. The molecule has 2 aliphatic heterocycles. The molecule has 1 atom stereocenters. The molecule has 9 nitrogen and oxygen atoms in total. The summed E-state index contributed by atoms with van der Waals surface area (Å²) in [6, 6.07) is 5.86. The number of aromatic nitrogens is 5. The molecule has 9 heteroatoms. The van der Waals surface area contributed by atoms with Crippen LogP contribution in [0.15, 0.2) is 30.7 Å². The molecule has 1 unspecified atom stereocenters. The Morgan fingerprint density at radius 3 is 2.93 bits per heavy atom. The zero-order valence-corrected chi connectivity index (χ0v) is 15.9. The van der Waals surface area contributed by atoms with Gasteiger partial charge in [-0.1, -0.05) is 6.07 Å². The number of tetrazole rings is 1. The number of pyridine rings is 1. The van der Waals surface area contributed by atoms with Gasteiger partial charge < -0.3 is 9.80 Å². The summed E-state index contributed by atoms with van der Waals surface area (Å²) in [7, 11) is 0. The first-order chi connectivity index (χ1) is 13.6. The normalized spacial score (nSPS) is 22.6. The van der Waals surface area contributed by atoms with Gasteiger partial charge in [0.1, 0.15) is 12.9 Å². The number of amides is 2. The van der Waals surface area contributed by atoms with Crippen molar-refractivity contribution in [3.63, 3.8) is 0 Å². The molecule has 0 N–H and O–H groups in total. The molecule has 0 radical (unpaired) electrons. The molecular formula is C19H25N7O2. The Balaban J connectivity index is 1.38. The predicted octanol–water partition coefficient (Wildman–Crippen LogP) is 0.542. The number of carbonyl (C=O) groups is 2. The van der Waals surface area contributed by atoms with E-state index in [-0.39, 0.29) is 23.8 Å². The van der Waals surface area contributed by atoms with Crippen molar-refractivity contribution in [2.45, 2.75) is 38.6 Å². The van der Waals surface area contributed by atoms with Crippen molar-refractivity contribution in [2.24, 2.45) is 5.41 Å². The minimum Gasteiger partial charge on any atom is -0.342 e. The lowest BCUT2D eigenvalue weighted by atomic mass is 9.73. The van der Waals surface area contributed by atoms with Gasteiger partial charge in [0.2, 0.25) is 11.8 Å². The van der Waals surface area contributed by atoms with Crippen LogP contribution in [0.1, 0.15) is 31.4 Å². The third kappa shape index (κ3) is 4.18. The topological polar surface area (TPSA) is 97.1 Å². The minimum absolute atomic E-state index is 0.00739. The van der Waals surface area contributed by atoms with Crippen molar-refractivity contribution >= 4 is 11.8 Å². The van der Waals surface area contributed by atoms with Crippen molar-refractivity contribution in [3.8, 4) is 0 Å². The molecule has 2 amide bonds. The van der Waals surface area contributed by atoms with Crippen LogP contribution in [-0.2, 0) is 22.6 Å². The Morgan fingerprint density at radius 2 is 2.14 bits per heavy atom. The third-order valence-electron chi connectivity index (χ3n) is 5.82. The van der Waals surface area contributed by atoms with E-state index in [0.717, 1.165) is 37.9 Å². The lowest BCUT2D eigenvalue weighted by Crippen LogP contribution is -2.55. The first kappa shape index (κ1) is 18.5. The van der Waals surface area contributed by atoms with E-state index in [2.05, 4.69) is 20.5 Å². The maximum absolute atomic E-state index is 12.7. The monoisotopic (exact) mass is 383 g/mol. The number of piperidine rings is 2. The quantitative estimate of drug-likeness (QED) is 0.748. The molecule has 4 heterocycles. The Hall–Kier alpha value is -2.84. The maximum atomic E-state index is 12.7. The van der Waals surface area contributed by atoms with E-state index in [1.54, 1.807) is 6.20 Å². The molecule has 1 spiro atoms. The van der Waals surface area contributed by atoms with E-state index >= 15 is 0 Å². The lowest BCUT2D eigenvalue weighted by molar-refractivity contribution is -0.143. The summed E-state index contributed by atoms with van der Waals surface area (Å²) in [6.45, 7) is 3.00. The number of carbonyl (C=O) groups excluding carboxylic acids is 2. The second-order valence-electron chi connectivity index (χ2n) is 7.81. The van der Waals surface area contributed by atoms with E-state index in [1.807, 2.05) is 28.0 Å². The molecule has 2 aromatic rings. The van der Waals surface area contributed by atoms with Crippen molar-refractivity contribution in [3.05, 3.63) is 36.4 Å². The first-order valence-electron chi connectivity index (χ1n) is 9.80. The number of hydrogen-bond acceptors (Lipinski definition) is 6. The number of hydrogen-bond donors (Lipinski definition) is 0. The highest BCUT2D eigenvalue weighted by atomic mass is 16.2. The van der Waals surface area contributed by atoms with Crippen molar-refractivity contribution in [1.82, 2.24) is 35.0 Å². The molecule has 0 bridgehead atoms. The van der Waals surface area contributed by atoms with Gasteiger partial charge in [0.25, 0.3) is 0 Å². The average molecular weight is 383 g/mol. The zero-order valence-electron chi connectivity index (χ0n) is 15.9. The molecule has 2 aromatic heterocycles. The number of likely N-dealkylation sites (tertiary alicyclic amines) is 2. The average Bonchev–Trinajstić information content (AvgIpc) is 3.23. The van der Waals surface area contributed by atoms with Gasteiger partial charge in [0.05, 0.1) is 0 Å². The molecule has 0 aromatic carbocycles. The minimum atomic E-state index is -0.00739. The molecule has 4 rings (SSSR count). The van der Waals surface area contributed by atoms with Crippen LogP contribution < -0.4 is 0 Å². The standard InChI is InChI=1S/C19H25N7O2/c27-17-5-8-19(14-25(17)11-6-16-4-1-2-9-20-16)7-3-10-24(13-19)18(28)12-26-15-21-22-23-26/h1-2,4,9,15H,3,5-8,10-14H2. The van der Waals surface area contributed by atoms with Crippen molar-refractivity contribution in [1.29, 1.82) is 0 Å². The fourth-order valence-electron chi connectivity index (χ4n) is 4.35. The fourth-order valence-corrected chi connectivity index (χ4v) is 4.35. The van der Waals surface area contributed by atoms with Gasteiger partial charge in [0.15, 0.2) is 0 Å². The Labute approximate surface area is 163 Å². The van der Waals surface area contributed by atoms with E-state index in [1.165, 1.54) is 11.0 Å². The van der Waals surface area contributed by atoms with Gasteiger partial charge in [-0.2, -0.15) is 0 Å². The van der Waals surface area contributed by atoms with Crippen LogP contribution >= 0.6 is 0 Å². The van der Waals surface area contributed by atoms with Gasteiger partial charge in [-0.3, -0.25) is 14.6 Å². The molecule has 2 fully saturated rings. The highest BCUT2D eigenvalue weighted by Gasteiger charge is 2.42. The van der Waals surface area contributed by atoms with Crippen LogP contribution in [-0.4, -0.2) is 73.0 Å². The smallest absolute Gasteiger partial charge is 0.244 e. The summed E-state index contributed by atoms with van der Waals surface area (Å²) in [5.41, 5.74) is 0.990. The molecule has 2 saturated heterocycles. The lowest BCUT2D eigenvalue weighted by Gasteiger charge is -2.48.